The van der Waals surface area contributed by atoms with Crippen molar-refractivity contribution in [1.82, 2.24) is 0 Å². The van der Waals surface area contributed by atoms with Gasteiger partial charge in [-0.05, 0) is 24.1 Å². The van der Waals surface area contributed by atoms with E-state index in [4.69, 9.17) is 5.02 Å². The first kappa shape index (κ1) is 10.5. The fraction of sp³-hybridized carbons (Fsp3) is 1.00. The summed E-state index contributed by atoms with van der Waals surface area (Å²) in [6.07, 6.45) is 1.08. The van der Waals surface area contributed by atoms with E-state index in [1.54, 1.807) is 0 Å². The monoisotopic (exact) mass is 159 g/mol. The third kappa shape index (κ3) is 5.26. The van der Waals surface area contributed by atoms with Gasteiger partial charge in [-0.15, -0.1) is 8.58 Å². The molecule has 0 saturated carbocycles. The van der Waals surface area contributed by atoms with Crippen molar-refractivity contribution in [3.63, 3.8) is 0 Å². The van der Waals surface area contributed by atoms with Crippen LogP contribution in [-0.2, 0) is 0 Å². The van der Waals surface area contributed by atoms with Crippen molar-refractivity contribution < 1.29 is 5.02 Å². The maximum atomic E-state index is 8.77. The summed E-state index contributed by atoms with van der Waals surface area (Å²) in [5.74, 6) is 0. The third-order valence-corrected chi connectivity index (χ3v) is 2.48. The number of hydrogen-bond donors (Lipinski definition) is 1. The highest BCUT2D eigenvalue weighted by Crippen LogP contribution is 2.28. The van der Waals surface area contributed by atoms with Gasteiger partial charge in [-0.25, -0.2) is 0 Å². The molecule has 2 unspecified atom stereocenters. The van der Waals surface area contributed by atoms with Gasteiger partial charge in [0.25, 0.3) is 7.48 Å². The molecule has 3 heteroatoms. The molecule has 0 saturated heterocycles. The molecule has 0 heterocycles. The van der Waals surface area contributed by atoms with Gasteiger partial charge < -0.3 is 5.02 Å². The average molecular weight is 159 g/mol. The second-order valence-corrected chi connectivity index (χ2v) is 5.13. The molecule has 10 heavy (non-hydrogen) atoms. The summed E-state index contributed by atoms with van der Waals surface area (Å²) in [5.41, 5.74) is 0.743. The Balaban J connectivity index is 3.63. The molecule has 0 aliphatic rings. The summed E-state index contributed by atoms with van der Waals surface area (Å²) in [6.45, 7) is 8.72. The van der Waals surface area contributed by atoms with Crippen molar-refractivity contribution in [2.24, 2.45) is 5.41 Å². The average Bonchev–Trinajstić information content (AvgIpc) is 1.81. The van der Waals surface area contributed by atoms with Crippen molar-refractivity contribution in [3.8, 4) is 0 Å². The van der Waals surface area contributed by atoms with Crippen LogP contribution in [0.4, 0.5) is 0 Å². The maximum Gasteiger partial charge on any atom is 0.295 e. The van der Waals surface area contributed by atoms with Crippen LogP contribution in [0, 0.1) is 5.41 Å². The molecular formula is C7H17BOP. The largest absolute Gasteiger partial charge is 0.454 e. The van der Waals surface area contributed by atoms with Gasteiger partial charge in [0.15, 0.2) is 0 Å². The molecular weight excluding hydrogens is 142 g/mol. The topological polar surface area (TPSA) is 20.2 Å². The predicted octanol–water partition coefficient (Wildman–Crippen LogP) is 1.67. The van der Waals surface area contributed by atoms with Crippen molar-refractivity contribution in [2.75, 3.05) is 6.66 Å². The van der Waals surface area contributed by atoms with E-state index in [0.29, 0.717) is 11.0 Å². The first-order valence-corrected chi connectivity index (χ1v) is 5.22. The molecule has 0 aromatic heterocycles. The normalized spacial score (nSPS) is 16.1. The van der Waals surface area contributed by atoms with Gasteiger partial charge in [-0.1, -0.05) is 20.8 Å². The van der Waals surface area contributed by atoms with Crippen LogP contribution in [0.15, 0.2) is 0 Å². The lowest BCUT2D eigenvalue weighted by molar-refractivity contribution is 0.386. The SMILES string of the molecule is CPC([B]O)CC(C)(C)C. The Kier molecular flexibility index (Phi) is 4.56. The van der Waals surface area contributed by atoms with E-state index >= 15 is 0 Å². The molecule has 1 radical (unpaired) electrons. The van der Waals surface area contributed by atoms with E-state index in [1.165, 1.54) is 7.48 Å². The molecule has 0 rings (SSSR count). The standard InChI is InChI=1S/C7H17BOP/c1-7(2,3)5-6(8-9)10-4/h6,9-10H,5H2,1-4H3. The fourth-order valence-corrected chi connectivity index (χ4v) is 1.85. The highest BCUT2D eigenvalue weighted by Gasteiger charge is 2.17. The van der Waals surface area contributed by atoms with Gasteiger partial charge in [-0.3, -0.25) is 0 Å². The second kappa shape index (κ2) is 4.36. The van der Waals surface area contributed by atoms with E-state index in [0.717, 1.165) is 15.0 Å². The fourth-order valence-electron chi connectivity index (χ4n) is 0.889. The van der Waals surface area contributed by atoms with Gasteiger partial charge in [-0.2, -0.15) is 0 Å². The lowest BCUT2D eigenvalue weighted by Gasteiger charge is -2.22. The summed E-state index contributed by atoms with van der Waals surface area (Å²) < 4.78 is 0. The van der Waals surface area contributed by atoms with Gasteiger partial charge in [0.05, 0.1) is 0 Å². The second-order valence-electron chi connectivity index (χ2n) is 3.81. The van der Waals surface area contributed by atoms with Gasteiger partial charge in [0.2, 0.25) is 0 Å². The molecule has 0 spiro atoms. The minimum atomic E-state index is 0.340. The first-order chi connectivity index (χ1) is 4.49. The van der Waals surface area contributed by atoms with Crippen molar-refractivity contribution in [3.05, 3.63) is 0 Å². The zero-order chi connectivity index (χ0) is 8.20. The van der Waals surface area contributed by atoms with E-state index in [1.807, 2.05) is 0 Å². The van der Waals surface area contributed by atoms with Crippen LogP contribution in [0.3, 0.4) is 0 Å². The number of rotatable bonds is 3. The summed E-state index contributed by atoms with van der Waals surface area (Å²) in [7, 11) is 2.15. The zero-order valence-corrected chi connectivity index (χ0v) is 8.31. The molecule has 0 amide bonds. The van der Waals surface area contributed by atoms with Crippen LogP contribution in [0.2, 0.25) is 0 Å². The Morgan fingerprint density at radius 1 is 1.50 bits per heavy atom. The van der Waals surface area contributed by atoms with Crippen LogP contribution in [-0.4, -0.2) is 24.7 Å². The molecule has 1 nitrogen and oxygen atoms in total. The van der Waals surface area contributed by atoms with E-state index in [9.17, 15) is 0 Å². The van der Waals surface area contributed by atoms with Gasteiger partial charge in [0, 0.05) is 0 Å². The lowest BCUT2D eigenvalue weighted by Crippen LogP contribution is -2.19. The summed E-state index contributed by atoms with van der Waals surface area (Å²) in [4.78, 5) is 0. The maximum absolute atomic E-state index is 8.77. The highest BCUT2D eigenvalue weighted by atomic mass is 31.1. The smallest absolute Gasteiger partial charge is 0.295 e. The van der Waals surface area contributed by atoms with Crippen molar-refractivity contribution >= 4 is 16.1 Å². The summed E-state index contributed by atoms with van der Waals surface area (Å²) in [5, 5.41) is 8.77. The van der Waals surface area contributed by atoms with E-state index < -0.39 is 0 Å². The molecule has 0 aliphatic carbocycles. The first-order valence-electron chi connectivity index (χ1n) is 3.64. The van der Waals surface area contributed by atoms with E-state index in [-0.39, 0.29) is 0 Å². The van der Waals surface area contributed by atoms with Gasteiger partial charge >= 0.3 is 0 Å². The molecule has 0 aromatic carbocycles. The summed E-state index contributed by atoms with van der Waals surface area (Å²) >= 11 is 0. The van der Waals surface area contributed by atoms with Crippen LogP contribution < -0.4 is 0 Å². The third-order valence-electron chi connectivity index (χ3n) is 1.38. The zero-order valence-electron chi connectivity index (χ0n) is 7.31. The molecule has 59 valence electrons. The van der Waals surface area contributed by atoms with Crippen LogP contribution >= 0.6 is 8.58 Å². The molecule has 2 atom stereocenters. The van der Waals surface area contributed by atoms with Crippen LogP contribution in [0.5, 0.6) is 0 Å². The quantitative estimate of drug-likeness (QED) is 0.490. The lowest BCUT2D eigenvalue weighted by atomic mass is 9.81. The Bertz CT molecular complexity index is 86.1. The van der Waals surface area contributed by atoms with Crippen LogP contribution in [0.1, 0.15) is 27.2 Å². The highest BCUT2D eigenvalue weighted by molar-refractivity contribution is 7.40. The van der Waals surface area contributed by atoms with Crippen molar-refractivity contribution in [1.29, 1.82) is 0 Å². The van der Waals surface area contributed by atoms with Crippen molar-refractivity contribution in [2.45, 2.75) is 32.8 Å². The van der Waals surface area contributed by atoms with Crippen LogP contribution in [0.25, 0.3) is 0 Å². The Labute approximate surface area is 66.7 Å². The molecule has 0 bridgehead atoms. The Hall–Kier alpha value is 0.455. The molecule has 1 N–H and O–H groups in total. The Morgan fingerprint density at radius 3 is 2.10 bits per heavy atom. The summed E-state index contributed by atoms with van der Waals surface area (Å²) in [6, 6.07) is 0. The molecule has 0 aromatic rings. The minimum absolute atomic E-state index is 0.340. The minimum Gasteiger partial charge on any atom is -0.454 e. The molecule has 0 fully saturated rings. The van der Waals surface area contributed by atoms with E-state index in [2.05, 4.69) is 27.4 Å². The predicted molar refractivity (Wildman–Crippen MR) is 50.1 cm³/mol. The number of hydrogen-bond acceptors (Lipinski definition) is 1. The van der Waals surface area contributed by atoms with Gasteiger partial charge in [0.1, 0.15) is 0 Å². The Morgan fingerprint density at radius 2 is 2.00 bits per heavy atom. The molecule has 0 aliphatic heterocycles.